The quantitative estimate of drug-likeness (QED) is 0.603. The molecule has 1 rings (SSSR count). The highest BCUT2D eigenvalue weighted by atomic mass is 127. The van der Waals surface area contributed by atoms with Gasteiger partial charge in [-0.2, -0.15) is 0 Å². The van der Waals surface area contributed by atoms with E-state index in [0.717, 1.165) is 21.2 Å². The number of aryl methyl sites for hydroxylation is 1. The van der Waals surface area contributed by atoms with E-state index in [-0.39, 0.29) is 5.91 Å². The number of carbonyl (C=O) groups is 1. The minimum atomic E-state index is -0.487. The summed E-state index contributed by atoms with van der Waals surface area (Å²) >= 11 is 2.24. The normalized spacial score (nSPS) is 12.2. The molecule has 0 aliphatic carbocycles. The van der Waals surface area contributed by atoms with Gasteiger partial charge in [-0.25, -0.2) is 0 Å². The number of hydrogen-bond donors (Lipinski definition) is 2. The van der Waals surface area contributed by atoms with E-state index in [4.69, 9.17) is 10.5 Å². The highest BCUT2D eigenvalue weighted by molar-refractivity contribution is 14.1. The summed E-state index contributed by atoms with van der Waals surface area (Å²) in [5, 5.41) is 2.86. The number of carbonyl (C=O) groups excluding carboxylic acids is 1. The van der Waals surface area contributed by atoms with Crippen molar-refractivity contribution in [3.63, 3.8) is 0 Å². The molecule has 0 fully saturated rings. The molecule has 0 heterocycles. The van der Waals surface area contributed by atoms with Crippen LogP contribution in [-0.2, 0) is 9.53 Å². The molecule has 0 saturated heterocycles. The highest BCUT2D eigenvalue weighted by Gasteiger charge is 2.13. The van der Waals surface area contributed by atoms with Crippen LogP contribution in [-0.4, -0.2) is 25.7 Å². The van der Waals surface area contributed by atoms with Gasteiger partial charge in [0.1, 0.15) is 0 Å². The van der Waals surface area contributed by atoms with Crippen molar-refractivity contribution in [1.29, 1.82) is 0 Å². The molecular weight excluding hydrogens is 343 g/mol. The maximum absolute atomic E-state index is 11.9. The monoisotopic (exact) mass is 362 g/mol. The van der Waals surface area contributed by atoms with Gasteiger partial charge >= 0.3 is 0 Å². The first kappa shape index (κ1) is 15.4. The molecule has 1 unspecified atom stereocenters. The Morgan fingerprint density at radius 2 is 2.28 bits per heavy atom. The smallest absolute Gasteiger partial charge is 0.241 e. The van der Waals surface area contributed by atoms with Crippen molar-refractivity contribution in [2.45, 2.75) is 25.8 Å². The number of anilines is 1. The standard InChI is InChI=1S/C13H19IN2O2/c1-9-8-10(14)5-6-12(9)16-13(17)11(15)4-3-7-18-2/h5-6,8,11H,3-4,7,15H2,1-2H3,(H,16,17). The molecule has 1 aromatic rings. The lowest BCUT2D eigenvalue weighted by Crippen LogP contribution is -2.35. The molecule has 3 N–H and O–H groups in total. The number of rotatable bonds is 6. The van der Waals surface area contributed by atoms with Crippen LogP contribution >= 0.6 is 22.6 Å². The van der Waals surface area contributed by atoms with Gasteiger partial charge in [0.05, 0.1) is 6.04 Å². The molecule has 4 nitrogen and oxygen atoms in total. The van der Waals surface area contributed by atoms with E-state index in [9.17, 15) is 4.79 Å². The Morgan fingerprint density at radius 3 is 2.89 bits per heavy atom. The predicted molar refractivity (Wildman–Crippen MR) is 81.6 cm³/mol. The zero-order chi connectivity index (χ0) is 13.5. The summed E-state index contributed by atoms with van der Waals surface area (Å²) in [5.41, 5.74) is 7.68. The van der Waals surface area contributed by atoms with E-state index in [1.54, 1.807) is 7.11 Å². The van der Waals surface area contributed by atoms with Crippen molar-refractivity contribution in [1.82, 2.24) is 0 Å². The van der Waals surface area contributed by atoms with Crippen LogP contribution in [0.15, 0.2) is 18.2 Å². The van der Waals surface area contributed by atoms with E-state index in [1.807, 2.05) is 25.1 Å². The largest absolute Gasteiger partial charge is 0.385 e. The van der Waals surface area contributed by atoms with Gasteiger partial charge in [-0.1, -0.05) is 0 Å². The lowest BCUT2D eigenvalue weighted by molar-refractivity contribution is -0.117. The number of ether oxygens (including phenoxy) is 1. The summed E-state index contributed by atoms with van der Waals surface area (Å²) in [6.07, 6.45) is 1.42. The highest BCUT2D eigenvalue weighted by Crippen LogP contribution is 2.18. The molecule has 5 heteroatoms. The maximum Gasteiger partial charge on any atom is 0.241 e. The van der Waals surface area contributed by atoms with Crippen LogP contribution in [0.1, 0.15) is 18.4 Å². The Balaban J connectivity index is 2.53. The van der Waals surface area contributed by atoms with Crippen LogP contribution in [0.4, 0.5) is 5.69 Å². The molecule has 1 aromatic carbocycles. The molecule has 100 valence electrons. The minimum absolute atomic E-state index is 0.143. The number of nitrogens with one attached hydrogen (secondary N) is 1. The zero-order valence-corrected chi connectivity index (χ0v) is 12.9. The lowest BCUT2D eigenvalue weighted by atomic mass is 10.1. The third-order valence-corrected chi connectivity index (χ3v) is 3.32. The van der Waals surface area contributed by atoms with Crippen LogP contribution in [0, 0.1) is 10.5 Å². The second kappa shape index (κ2) is 7.70. The Bertz CT molecular complexity index is 410. The summed E-state index contributed by atoms with van der Waals surface area (Å²) in [4.78, 5) is 11.9. The summed E-state index contributed by atoms with van der Waals surface area (Å²) in [6, 6.07) is 5.39. The van der Waals surface area contributed by atoms with E-state index in [2.05, 4.69) is 27.9 Å². The minimum Gasteiger partial charge on any atom is -0.385 e. The summed E-state index contributed by atoms with van der Waals surface area (Å²) in [7, 11) is 1.64. The molecule has 0 saturated carbocycles. The van der Waals surface area contributed by atoms with Gasteiger partial charge < -0.3 is 15.8 Å². The Morgan fingerprint density at radius 1 is 1.56 bits per heavy atom. The average Bonchev–Trinajstić information content (AvgIpc) is 2.32. The van der Waals surface area contributed by atoms with Crippen molar-refractivity contribution in [2.75, 3.05) is 19.0 Å². The zero-order valence-electron chi connectivity index (χ0n) is 10.7. The number of amides is 1. The molecule has 0 spiro atoms. The molecule has 0 aliphatic rings. The Labute approximate surface area is 121 Å². The first-order valence-corrected chi connectivity index (χ1v) is 6.94. The average molecular weight is 362 g/mol. The van der Waals surface area contributed by atoms with Gasteiger partial charge in [-0.05, 0) is 66.1 Å². The second-order valence-electron chi connectivity index (χ2n) is 4.19. The third-order valence-electron chi connectivity index (χ3n) is 2.65. The maximum atomic E-state index is 11.9. The predicted octanol–water partition coefficient (Wildman–Crippen LogP) is 2.29. The molecule has 0 bridgehead atoms. The number of benzene rings is 1. The van der Waals surface area contributed by atoms with Crippen LogP contribution in [0.3, 0.4) is 0 Å². The molecule has 0 radical (unpaired) electrons. The van der Waals surface area contributed by atoms with E-state index in [1.165, 1.54) is 0 Å². The molecule has 18 heavy (non-hydrogen) atoms. The van der Waals surface area contributed by atoms with E-state index < -0.39 is 6.04 Å². The van der Waals surface area contributed by atoms with Gasteiger partial charge in [-0.15, -0.1) is 0 Å². The van der Waals surface area contributed by atoms with Crippen molar-refractivity contribution in [3.05, 3.63) is 27.3 Å². The summed E-state index contributed by atoms with van der Waals surface area (Å²) < 4.78 is 6.08. The molecular formula is C13H19IN2O2. The van der Waals surface area contributed by atoms with E-state index in [0.29, 0.717) is 13.0 Å². The fourth-order valence-electron chi connectivity index (χ4n) is 1.57. The van der Waals surface area contributed by atoms with Crippen LogP contribution in [0.2, 0.25) is 0 Å². The molecule has 1 atom stereocenters. The summed E-state index contributed by atoms with van der Waals surface area (Å²) in [6.45, 7) is 2.60. The third kappa shape index (κ3) is 4.91. The van der Waals surface area contributed by atoms with Gasteiger partial charge in [0.15, 0.2) is 0 Å². The first-order chi connectivity index (χ1) is 8.54. The SMILES string of the molecule is COCCCC(N)C(=O)Nc1ccc(I)cc1C. The number of methoxy groups -OCH3 is 1. The van der Waals surface area contributed by atoms with Gasteiger partial charge in [-0.3, -0.25) is 4.79 Å². The van der Waals surface area contributed by atoms with Crippen molar-refractivity contribution < 1.29 is 9.53 Å². The van der Waals surface area contributed by atoms with Crippen LogP contribution < -0.4 is 11.1 Å². The molecule has 0 aromatic heterocycles. The number of nitrogens with two attached hydrogens (primary N) is 1. The van der Waals surface area contributed by atoms with Crippen LogP contribution in [0.25, 0.3) is 0 Å². The van der Waals surface area contributed by atoms with Crippen molar-refractivity contribution >= 4 is 34.2 Å². The number of hydrogen-bond acceptors (Lipinski definition) is 3. The summed E-state index contributed by atoms with van der Waals surface area (Å²) in [5.74, 6) is -0.143. The van der Waals surface area contributed by atoms with Gasteiger partial charge in [0.2, 0.25) is 5.91 Å². The van der Waals surface area contributed by atoms with Gasteiger partial charge in [0.25, 0.3) is 0 Å². The topological polar surface area (TPSA) is 64.3 Å². The lowest BCUT2D eigenvalue weighted by Gasteiger charge is -2.13. The Hall–Kier alpha value is -0.660. The fourth-order valence-corrected chi connectivity index (χ4v) is 2.22. The van der Waals surface area contributed by atoms with Crippen LogP contribution in [0.5, 0.6) is 0 Å². The molecule has 0 aliphatic heterocycles. The van der Waals surface area contributed by atoms with Crippen molar-refractivity contribution in [2.24, 2.45) is 5.73 Å². The van der Waals surface area contributed by atoms with Gasteiger partial charge in [0, 0.05) is 23.0 Å². The second-order valence-corrected chi connectivity index (χ2v) is 5.44. The molecule has 1 amide bonds. The van der Waals surface area contributed by atoms with E-state index >= 15 is 0 Å². The number of halogens is 1. The van der Waals surface area contributed by atoms with Crippen molar-refractivity contribution in [3.8, 4) is 0 Å². The fraction of sp³-hybridized carbons (Fsp3) is 0.462. The first-order valence-electron chi connectivity index (χ1n) is 5.86. The Kier molecular flexibility index (Phi) is 6.59.